The summed E-state index contributed by atoms with van der Waals surface area (Å²) in [5.41, 5.74) is 1.88. The highest BCUT2D eigenvalue weighted by Gasteiger charge is 2.09. The lowest BCUT2D eigenvalue weighted by Gasteiger charge is -2.08. The maximum absolute atomic E-state index is 12.1. The van der Waals surface area contributed by atoms with E-state index < -0.39 is 0 Å². The lowest BCUT2D eigenvalue weighted by atomic mass is 10.1. The van der Waals surface area contributed by atoms with Crippen molar-refractivity contribution in [1.29, 1.82) is 0 Å². The molecule has 0 atom stereocenters. The Labute approximate surface area is 144 Å². The fourth-order valence-corrected chi connectivity index (χ4v) is 3.22. The highest BCUT2D eigenvalue weighted by atomic mass is 32.1. The van der Waals surface area contributed by atoms with E-state index in [1.54, 1.807) is 7.11 Å². The van der Waals surface area contributed by atoms with Crippen LogP contribution >= 0.6 is 11.3 Å². The Morgan fingerprint density at radius 2 is 2.04 bits per heavy atom. The van der Waals surface area contributed by atoms with Gasteiger partial charge in [-0.05, 0) is 30.2 Å². The van der Waals surface area contributed by atoms with Gasteiger partial charge in [0.2, 0.25) is 5.91 Å². The molecule has 0 radical (unpaired) electrons. The number of carbonyl (C=O) groups is 1. The average molecular weight is 341 g/mol. The van der Waals surface area contributed by atoms with E-state index in [2.05, 4.69) is 10.3 Å². The summed E-state index contributed by atoms with van der Waals surface area (Å²) < 4.78 is 7.25. The number of nitrogens with one attached hydrogen (secondary N) is 1. The Bertz CT molecular complexity index is 796. The van der Waals surface area contributed by atoms with Crippen LogP contribution in [-0.2, 0) is 17.6 Å². The standard InChI is InChI=1S/C18H19N3O2S/c1-23-16-7-3-2-6-14(16)8-9-19-17(22)12-15-13-24-18(20-15)21-10-4-5-11-21/h2-7,10-11,13H,8-9,12H2,1H3,(H,19,22). The molecule has 2 heterocycles. The van der Waals surface area contributed by atoms with Crippen molar-refractivity contribution in [3.8, 4) is 10.9 Å². The van der Waals surface area contributed by atoms with Crippen LogP contribution in [0.3, 0.4) is 0 Å². The van der Waals surface area contributed by atoms with Crippen molar-refractivity contribution < 1.29 is 9.53 Å². The number of benzene rings is 1. The van der Waals surface area contributed by atoms with Gasteiger partial charge in [0.05, 0.1) is 19.2 Å². The van der Waals surface area contributed by atoms with Gasteiger partial charge in [-0.2, -0.15) is 0 Å². The molecule has 0 saturated heterocycles. The molecule has 0 saturated carbocycles. The van der Waals surface area contributed by atoms with Crippen LogP contribution in [0.25, 0.3) is 5.13 Å². The number of thiazole rings is 1. The zero-order chi connectivity index (χ0) is 16.8. The summed E-state index contributed by atoms with van der Waals surface area (Å²) in [7, 11) is 1.65. The lowest BCUT2D eigenvalue weighted by Crippen LogP contribution is -2.27. The zero-order valence-corrected chi connectivity index (χ0v) is 14.3. The second kappa shape index (κ2) is 7.79. The predicted octanol–water partition coefficient (Wildman–Crippen LogP) is 2.84. The maximum atomic E-state index is 12.1. The molecule has 0 fully saturated rings. The number of ether oxygens (including phenoxy) is 1. The molecule has 3 rings (SSSR count). The van der Waals surface area contributed by atoms with Gasteiger partial charge in [0.1, 0.15) is 5.75 Å². The van der Waals surface area contributed by atoms with E-state index in [0.29, 0.717) is 13.0 Å². The smallest absolute Gasteiger partial charge is 0.226 e. The Morgan fingerprint density at radius 3 is 2.83 bits per heavy atom. The Hall–Kier alpha value is -2.60. The molecule has 3 aromatic rings. The minimum absolute atomic E-state index is 0.0192. The molecule has 0 unspecified atom stereocenters. The number of hydrogen-bond acceptors (Lipinski definition) is 4. The Kier molecular flexibility index (Phi) is 5.28. The first-order valence-corrected chi connectivity index (χ1v) is 8.60. The van der Waals surface area contributed by atoms with Gasteiger partial charge >= 0.3 is 0 Å². The number of carbonyl (C=O) groups excluding carboxylic acids is 1. The molecule has 2 aromatic heterocycles. The molecule has 5 nitrogen and oxygen atoms in total. The molecule has 0 spiro atoms. The number of aromatic nitrogens is 2. The second-order valence-electron chi connectivity index (χ2n) is 5.30. The van der Waals surface area contributed by atoms with Crippen molar-refractivity contribution in [3.05, 3.63) is 65.4 Å². The van der Waals surface area contributed by atoms with Crippen LogP contribution in [-0.4, -0.2) is 29.1 Å². The summed E-state index contributed by atoms with van der Waals surface area (Å²) in [5, 5.41) is 5.74. The van der Waals surface area contributed by atoms with Crippen LogP contribution in [0, 0.1) is 0 Å². The number of amides is 1. The Balaban J connectivity index is 1.49. The van der Waals surface area contributed by atoms with Crippen LogP contribution in [0.4, 0.5) is 0 Å². The number of para-hydroxylation sites is 1. The molecular weight excluding hydrogens is 322 g/mol. The average Bonchev–Trinajstić information content (AvgIpc) is 3.26. The van der Waals surface area contributed by atoms with E-state index in [9.17, 15) is 4.79 Å². The van der Waals surface area contributed by atoms with E-state index in [-0.39, 0.29) is 5.91 Å². The molecule has 1 N–H and O–H groups in total. The van der Waals surface area contributed by atoms with E-state index in [1.165, 1.54) is 11.3 Å². The van der Waals surface area contributed by atoms with Crippen molar-refractivity contribution >= 4 is 17.2 Å². The quantitative estimate of drug-likeness (QED) is 0.719. The first-order valence-electron chi connectivity index (χ1n) is 7.72. The maximum Gasteiger partial charge on any atom is 0.226 e. The lowest BCUT2D eigenvalue weighted by molar-refractivity contribution is -0.120. The molecule has 0 aliphatic rings. The van der Waals surface area contributed by atoms with Gasteiger partial charge in [-0.1, -0.05) is 18.2 Å². The highest BCUT2D eigenvalue weighted by molar-refractivity contribution is 7.12. The van der Waals surface area contributed by atoms with Crippen molar-refractivity contribution in [2.45, 2.75) is 12.8 Å². The topological polar surface area (TPSA) is 56.1 Å². The van der Waals surface area contributed by atoms with Gasteiger partial charge in [-0.3, -0.25) is 4.79 Å². The first kappa shape index (κ1) is 16.3. The van der Waals surface area contributed by atoms with Crippen molar-refractivity contribution in [3.63, 3.8) is 0 Å². The van der Waals surface area contributed by atoms with Crippen LogP contribution in [0.2, 0.25) is 0 Å². The van der Waals surface area contributed by atoms with Gasteiger partial charge in [0.15, 0.2) is 5.13 Å². The number of rotatable bonds is 7. The van der Waals surface area contributed by atoms with Crippen molar-refractivity contribution in [2.24, 2.45) is 0 Å². The molecule has 1 amide bonds. The number of hydrogen-bond donors (Lipinski definition) is 1. The molecule has 124 valence electrons. The minimum atomic E-state index is -0.0192. The van der Waals surface area contributed by atoms with Crippen LogP contribution in [0.1, 0.15) is 11.3 Å². The third kappa shape index (κ3) is 4.02. The second-order valence-corrected chi connectivity index (χ2v) is 6.14. The molecule has 1 aromatic carbocycles. The van der Waals surface area contributed by atoms with Gasteiger partial charge < -0.3 is 14.6 Å². The SMILES string of the molecule is COc1ccccc1CCNC(=O)Cc1csc(-n2cccc2)n1. The Morgan fingerprint density at radius 1 is 1.25 bits per heavy atom. The van der Waals surface area contributed by atoms with Crippen LogP contribution < -0.4 is 10.1 Å². The van der Waals surface area contributed by atoms with E-state index in [1.807, 2.05) is 58.7 Å². The van der Waals surface area contributed by atoms with Crippen LogP contribution in [0.15, 0.2) is 54.2 Å². The summed E-state index contributed by atoms with van der Waals surface area (Å²) in [6.45, 7) is 0.577. The summed E-state index contributed by atoms with van der Waals surface area (Å²) in [5.74, 6) is 0.830. The van der Waals surface area contributed by atoms with Gasteiger partial charge in [0, 0.05) is 24.3 Å². The van der Waals surface area contributed by atoms with Gasteiger partial charge in [-0.15, -0.1) is 11.3 Å². The van der Waals surface area contributed by atoms with Crippen LogP contribution in [0.5, 0.6) is 5.75 Å². The largest absolute Gasteiger partial charge is 0.496 e. The van der Waals surface area contributed by atoms with Gasteiger partial charge in [-0.25, -0.2) is 4.98 Å². The third-order valence-corrected chi connectivity index (χ3v) is 4.52. The van der Waals surface area contributed by atoms with E-state index in [4.69, 9.17) is 4.74 Å². The molecule has 6 heteroatoms. The summed E-state index contributed by atoms with van der Waals surface area (Å²) >= 11 is 1.53. The fourth-order valence-electron chi connectivity index (χ4n) is 2.43. The van der Waals surface area contributed by atoms with Gasteiger partial charge in [0.25, 0.3) is 0 Å². The van der Waals surface area contributed by atoms with Crippen molar-refractivity contribution in [2.75, 3.05) is 13.7 Å². The molecular formula is C18H19N3O2S. The summed E-state index contributed by atoms with van der Waals surface area (Å²) in [6, 6.07) is 11.7. The van der Waals surface area contributed by atoms with E-state index in [0.717, 1.165) is 28.6 Å². The molecule has 0 bridgehead atoms. The first-order chi connectivity index (χ1) is 11.8. The highest BCUT2D eigenvalue weighted by Crippen LogP contribution is 2.17. The number of methoxy groups -OCH3 is 1. The third-order valence-electron chi connectivity index (χ3n) is 3.62. The molecule has 24 heavy (non-hydrogen) atoms. The van der Waals surface area contributed by atoms with Crippen molar-refractivity contribution in [1.82, 2.24) is 14.9 Å². The van der Waals surface area contributed by atoms with E-state index >= 15 is 0 Å². The zero-order valence-electron chi connectivity index (χ0n) is 13.4. The summed E-state index contributed by atoms with van der Waals surface area (Å²) in [6.07, 6.45) is 4.91. The normalized spacial score (nSPS) is 10.5. The monoisotopic (exact) mass is 341 g/mol. The fraction of sp³-hybridized carbons (Fsp3) is 0.222. The molecule has 0 aliphatic heterocycles. The minimum Gasteiger partial charge on any atom is -0.496 e. The molecule has 0 aliphatic carbocycles. The summed E-state index contributed by atoms with van der Waals surface area (Å²) in [4.78, 5) is 16.6. The predicted molar refractivity (Wildman–Crippen MR) is 94.9 cm³/mol. The number of nitrogens with zero attached hydrogens (tertiary/aromatic N) is 2.